The summed E-state index contributed by atoms with van der Waals surface area (Å²) < 4.78 is 5.51. The molecular weight excluding hydrogens is 418 g/mol. The number of aryl methyl sites for hydroxylation is 1. The van der Waals surface area contributed by atoms with Crippen LogP contribution in [0, 0.1) is 11.3 Å². The molecule has 33 heavy (non-hydrogen) atoms. The van der Waals surface area contributed by atoms with Crippen LogP contribution in [0.1, 0.15) is 35.6 Å². The average molecular weight is 448 g/mol. The van der Waals surface area contributed by atoms with E-state index in [0.29, 0.717) is 30.4 Å². The van der Waals surface area contributed by atoms with E-state index >= 15 is 0 Å². The molecule has 0 spiro atoms. The Morgan fingerprint density at radius 2 is 1.94 bits per heavy atom. The summed E-state index contributed by atoms with van der Waals surface area (Å²) in [6.07, 6.45) is 2.66. The maximum atomic E-state index is 9.47. The van der Waals surface area contributed by atoms with Gasteiger partial charge >= 0.3 is 0 Å². The fourth-order valence-electron chi connectivity index (χ4n) is 4.24. The molecule has 172 valence electrons. The summed E-state index contributed by atoms with van der Waals surface area (Å²) in [6, 6.07) is 14.0. The normalized spacial score (nSPS) is 14.2. The highest BCUT2D eigenvalue weighted by atomic mass is 16.5. The monoisotopic (exact) mass is 447 g/mol. The third-order valence-corrected chi connectivity index (χ3v) is 6.15. The van der Waals surface area contributed by atoms with Gasteiger partial charge in [0, 0.05) is 30.8 Å². The van der Waals surface area contributed by atoms with E-state index in [-0.39, 0.29) is 13.2 Å². The Bertz CT molecular complexity index is 1160. The molecule has 2 aromatic carbocycles. The molecule has 0 saturated carbocycles. The van der Waals surface area contributed by atoms with Gasteiger partial charge in [0.2, 0.25) is 5.82 Å². The Morgan fingerprint density at radius 1 is 1.15 bits per heavy atom. The van der Waals surface area contributed by atoms with Gasteiger partial charge in [-0.05, 0) is 47.7 Å². The van der Waals surface area contributed by atoms with Crippen molar-refractivity contribution in [2.45, 2.75) is 38.3 Å². The van der Waals surface area contributed by atoms with Crippen LogP contribution in [0.4, 0.5) is 0 Å². The van der Waals surface area contributed by atoms with Gasteiger partial charge in [-0.3, -0.25) is 4.90 Å². The number of fused-ring (bicyclic) bond motifs is 1. The van der Waals surface area contributed by atoms with Crippen LogP contribution in [0.5, 0.6) is 0 Å². The molecule has 0 saturated heterocycles. The third kappa shape index (κ3) is 4.97. The van der Waals surface area contributed by atoms with Crippen LogP contribution in [-0.2, 0) is 19.4 Å². The van der Waals surface area contributed by atoms with Crippen molar-refractivity contribution in [1.82, 2.24) is 15.0 Å². The molecule has 4 N–H and O–H groups in total. The number of nitrogens with two attached hydrogens (primary N) is 1. The van der Waals surface area contributed by atoms with Crippen LogP contribution in [0.2, 0.25) is 0 Å². The van der Waals surface area contributed by atoms with Crippen molar-refractivity contribution >= 4 is 0 Å². The molecule has 0 atom stereocenters. The fraction of sp³-hybridized carbons (Fsp3) is 0.400. The van der Waals surface area contributed by atoms with Crippen LogP contribution >= 0.6 is 0 Å². The van der Waals surface area contributed by atoms with Crippen molar-refractivity contribution in [2.75, 3.05) is 26.3 Å². The van der Waals surface area contributed by atoms with Crippen LogP contribution in [0.3, 0.4) is 0 Å². The quantitative estimate of drug-likeness (QED) is 0.479. The van der Waals surface area contributed by atoms with E-state index in [1.165, 1.54) is 11.1 Å². The van der Waals surface area contributed by atoms with Gasteiger partial charge in [0.05, 0.1) is 30.4 Å². The number of hydrogen-bond acceptors (Lipinski definition) is 8. The van der Waals surface area contributed by atoms with Crippen LogP contribution < -0.4 is 5.73 Å². The lowest BCUT2D eigenvalue weighted by atomic mass is 9.95. The molecule has 2 heterocycles. The minimum Gasteiger partial charge on any atom is -0.394 e. The molecule has 1 aliphatic rings. The highest BCUT2D eigenvalue weighted by Gasteiger charge is 2.28. The Morgan fingerprint density at radius 3 is 2.67 bits per heavy atom. The topological polar surface area (TPSA) is 132 Å². The lowest BCUT2D eigenvalue weighted by Crippen LogP contribution is -2.56. The fourth-order valence-corrected chi connectivity index (χ4v) is 4.24. The van der Waals surface area contributed by atoms with Crippen LogP contribution in [0.15, 0.2) is 40.9 Å². The number of rotatable bonds is 8. The summed E-state index contributed by atoms with van der Waals surface area (Å²) in [7, 11) is 0. The average Bonchev–Trinajstić information content (AvgIpc) is 3.34. The van der Waals surface area contributed by atoms with E-state index in [2.05, 4.69) is 40.2 Å². The van der Waals surface area contributed by atoms with Gasteiger partial charge < -0.3 is 20.5 Å². The molecule has 8 nitrogen and oxygen atoms in total. The van der Waals surface area contributed by atoms with E-state index in [9.17, 15) is 15.5 Å². The second kappa shape index (κ2) is 9.81. The van der Waals surface area contributed by atoms with Crippen molar-refractivity contribution in [2.24, 2.45) is 5.73 Å². The Labute approximate surface area is 193 Å². The Balaban J connectivity index is 1.52. The van der Waals surface area contributed by atoms with Crippen molar-refractivity contribution in [3.05, 3.63) is 58.7 Å². The molecule has 4 rings (SSSR count). The van der Waals surface area contributed by atoms with Gasteiger partial charge in [0.15, 0.2) is 0 Å². The third-order valence-electron chi connectivity index (χ3n) is 6.15. The first-order chi connectivity index (χ1) is 16.0. The summed E-state index contributed by atoms with van der Waals surface area (Å²) in [5, 5.41) is 32.6. The number of nitrogens with zero attached hydrogens (tertiary/aromatic N) is 4. The van der Waals surface area contributed by atoms with E-state index in [1.807, 2.05) is 18.2 Å². The molecule has 0 fully saturated rings. The molecule has 0 aliphatic carbocycles. The second-order valence-electron chi connectivity index (χ2n) is 8.78. The summed E-state index contributed by atoms with van der Waals surface area (Å²) in [5.74, 6) is 0.897. The molecule has 0 amide bonds. The molecule has 3 aromatic rings. The zero-order valence-corrected chi connectivity index (χ0v) is 18.8. The SMILES string of the molecule is CCCc1ccc(-c2nc(-c3ccc4c(c3)CCN(CC(N)(CO)CO)C4)no2)cc1C#N. The maximum Gasteiger partial charge on any atom is 0.258 e. The van der Waals surface area contributed by atoms with E-state index < -0.39 is 5.54 Å². The summed E-state index contributed by atoms with van der Waals surface area (Å²) in [6.45, 7) is 3.48. The van der Waals surface area contributed by atoms with Crippen LogP contribution in [-0.4, -0.2) is 57.1 Å². The van der Waals surface area contributed by atoms with Gasteiger partial charge in [-0.25, -0.2) is 0 Å². The number of nitriles is 1. The minimum absolute atomic E-state index is 0.261. The van der Waals surface area contributed by atoms with Gasteiger partial charge in [0.25, 0.3) is 5.89 Å². The number of benzene rings is 2. The number of hydrogen-bond donors (Lipinski definition) is 3. The van der Waals surface area contributed by atoms with Crippen molar-refractivity contribution < 1.29 is 14.7 Å². The standard InChI is InChI=1S/C25H29N5O3/c1-2-3-17-4-6-20(11-22(17)12-26)24-28-23(29-33-24)19-5-7-21-13-30(9-8-18(21)10-19)14-25(27,15-31)16-32/h4-7,10-11,31-32H,2-3,8-9,13-16,27H2,1H3. The molecule has 0 radical (unpaired) electrons. The first-order valence-corrected chi connectivity index (χ1v) is 11.2. The molecular formula is C25H29N5O3. The number of aliphatic hydroxyl groups is 2. The van der Waals surface area contributed by atoms with Crippen molar-refractivity contribution in [3.8, 4) is 28.9 Å². The number of aromatic nitrogens is 2. The highest BCUT2D eigenvalue weighted by Crippen LogP contribution is 2.28. The lowest BCUT2D eigenvalue weighted by Gasteiger charge is -2.35. The second-order valence-corrected chi connectivity index (χ2v) is 8.78. The largest absolute Gasteiger partial charge is 0.394 e. The van der Waals surface area contributed by atoms with Gasteiger partial charge in [-0.2, -0.15) is 10.2 Å². The first kappa shape index (κ1) is 23.1. The predicted molar refractivity (Wildman–Crippen MR) is 124 cm³/mol. The predicted octanol–water partition coefficient (Wildman–Crippen LogP) is 2.27. The maximum absolute atomic E-state index is 9.47. The Kier molecular flexibility index (Phi) is 6.86. The zero-order valence-electron chi connectivity index (χ0n) is 18.8. The lowest BCUT2D eigenvalue weighted by molar-refractivity contribution is 0.0786. The summed E-state index contributed by atoms with van der Waals surface area (Å²) in [4.78, 5) is 6.72. The highest BCUT2D eigenvalue weighted by molar-refractivity contribution is 5.63. The number of aliphatic hydroxyl groups excluding tert-OH is 2. The molecule has 1 aromatic heterocycles. The molecule has 0 bridgehead atoms. The minimum atomic E-state index is -1.00. The van der Waals surface area contributed by atoms with Gasteiger partial charge in [0.1, 0.15) is 0 Å². The van der Waals surface area contributed by atoms with Gasteiger partial charge in [-0.1, -0.05) is 36.7 Å². The van der Waals surface area contributed by atoms with E-state index in [0.717, 1.165) is 42.5 Å². The summed E-state index contributed by atoms with van der Waals surface area (Å²) in [5.41, 5.74) is 10.7. The summed E-state index contributed by atoms with van der Waals surface area (Å²) >= 11 is 0. The van der Waals surface area contributed by atoms with Crippen molar-refractivity contribution in [3.63, 3.8) is 0 Å². The van der Waals surface area contributed by atoms with E-state index in [1.54, 1.807) is 6.07 Å². The molecule has 0 unspecified atom stereocenters. The zero-order chi connectivity index (χ0) is 23.4. The van der Waals surface area contributed by atoms with Crippen LogP contribution in [0.25, 0.3) is 22.8 Å². The molecule has 1 aliphatic heterocycles. The van der Waals surface area contributed by atoms with E-state index in [4.69, 9.17) is 10.3 Å². The first-order valence-electron chi connectivity index (χ1n) is 11.2. The smallest absolute Gasteiger partial charge is 0.258 e. The van der Waals surface area contributed by atoms with Gasteiger partial charge in [-0.15, -0.1) is 0 Å². The van der Waals surface area contributed by atoms with Crippen molar-refractivity contribution in [1.29, 1.82) is 5.26 Å². The molecule has 8 heteroatoms. The Hall–Kier alpha value is -3.09.